The molecular weight excluding hydrogens is 342 g/mol. The highest BCUT2D eigenvalue weighted by atomic mass is 16.5. The summed E-state index contributed by atoms with van der Waals surface area (Å²) in [7, 11) is 1.69. The van der Waals surface area contributed by atoms with Crippen LogP contribution in [-0.2, 0) is 23.5 Å². The molecule has 2 aromatic rings. The number of aliphatic imine (C=N–C) groups is 1. The van der Waals surface area contributed by atoms with Gasteiger partial charge in [0, 0.05) is 19.2 Å². The lowest BCUT2D eigenvalue weighted by atomic mass is 9.96. The second kappa shape index (κ2) is 9.58. The van der Waals surface area contributed by atoms with E-state index in [2.05, 4.69) is 21.7 Å². The Morgan fingerprint density at radius 3 is 2.59 bits per heavy atom. The van der Waals surface area contributed by atoms with Gasteiger partial charge in [-0.2, -0.15) is 0 Å². The number of hydrogen-bond donors (Lipinski definition) is 3. The van der Waals surface area contributed by atoms with Gasteiger partial charge in [-0.1, -0.05) is 24.3 Å². The second-order valence-electron chi connectivity index (χ2n) is 6.90. The first-order chi connectivity index (χ1) is 12.9. The molecule has 27 heavy (non-hydrogen) atoms. The van der Waals surface area contributed by atoms with E-state index < -0.39 is 5.60 Å². The summed E-state index contributed by atoms with van der Waals surface area (Å²) in [5.41, 5.74) is 1.96. The van der Waals surface area contributed by atoms with Gasteiger partial charge in [0.05, 0.1) is 19.7 Å². The van der Waals surface area contributed by atoms with E-state index in [-0.39, 0.29) is 0 Å². The number of furan rings is 1. The highest BCUT2D eigenvalue weighted by Crippen LogP contribution is 2.26. The number of nitrogens with zero attached hydrogens (tertiary/aromatic N) is 1. The molecule has 0 amide bonds. The Balaban J connectivity index is 2.05. The molecule has 1 aromatic carbocycles. The van der Waals surface area contributed by atoms with Crippen LogP contribution in [0.1, 0.15) is 42.1 Å². The lowest BCUT2D eigenvalue weighted by molar-refractivity contribution is 0.0601. The maximum absolute atomic E-state index is 10.9. The van der Waals surface area contributed by atoms with Crippen LogP contribution in [0.4, 0.5) is 0 Å². The number of ether oxygens (including phenoxy) is 1. The Kier molecular flexibility index (Phi) is 7.45. The van der Waals surface area contributed by atoms with Gasteiger partial charge in [0.15, 0.2) is 5.96 Å². The molecule has 0 radical (unpaired) electrons. The fourth-order valence-corrected chi connectivity index (χ4v) is 3.01. The molecule has 0 saturated heterocycles. The molecule has 0 saturated carbocycles. The molecular formula is C21H31N3O3. The molecule has 0 aliphatic carbocycles. The topological polar surface area (TPSA) is 79.0 Å². The van der Waals surface area contributed by atoms with E-state index >= 15 is 0 Å². The summed E-state index contributed by atoms with van der Waals surface area (Å²) >= 11 is 0. The number of benzene rings is 1. The van der Waals surface area contributed by atoms with Crippen LogP contribution in [-0.4, -0.2) is 31.3 Å². The summed E-state index contributed by atoms with van der Waals surface area (Å²) in [5.74, 6) is 2.18. The first kappa shape index (κ1) is 21.0. The van der Waals surface area contributed by atoms with Gasteiger partial charge in [-0.3, -0.25) is 0 Å². The van der Waals surface area contributed by atoms with Crippen molar-refractivity contribution in [3.05, 3.63) is 58.5 Å². The Labute approximate surface area is 161 Å². The SMILES string of the molecule is CCNC(=NCc1cccc(COC)c1)NCC(C)(O)c1cc(C)oc1C. The zero-order chi connectivity index (χ0) is 19.9. The Morgan fingerprint density at radius 2 is 1.96 bits per heavy atom. The quantitative estimate of drug-likeness (QED) is 0.490. The lowest BCUT2D eigenvalue weighted by Gasteiger charge is -2.24. The van der Waals surface area contributed by atoms with Gasteiger partial charge in [-0.05, 0) is 44.9 Å². The van der Waals surface area contributed by atoms with Crippen molar-refractivity contribution in [2.45, 2.75) is 46.4 Å². The monoisotopic (exact) mass is 373 g/mol. The maximum atomic E-state index is 10.9. The molecule has 3 N–H and O–H groups in total. The van der Waals surface area contributed by atoms with Gasteiger partial charge in [0.25, 0.3) is 0 Å². The molecule has 6 nitrogen and oxygen atoms in total. The van der Waals surface area contributed by atoms with Crippen LogP contribution in [0.5, 0.6) is 0 Å². The van der Waals surface area contributed by atoms with E-state index in [0.29, 0.717) is 25.7 Å². The van der Waals surface area contributed by atoms with Crippen LogP contribution in [0, 0.1) is 13.8 Å². The minimum Gasteiger partial charge on any atom is -0.466 e. The smallest absolute Gasteiger partial charge is 0.191 e. The Hall–Kier alpha value is -2.31. The molecule has 0 aliphatic heterocycles. The van der Waals surface area contributed by atoms with Crippen molar-refractivity contribution in [3.8, 4) is 0 Å². The average molecular weight is 373 g/mol. The third-order valence-electron chi connectivity index (χ3n) is 4.29. The highest BCUT2D eigenvalue weighted by Gasteiger charge is 2.27. The molecule has 148 valence electrons. The summed E-state index contributed by atoms with van der Waals surface area (Å²) in [6.07, 6.45) is 0. The third kappa shape index (κ3) is 6.12. The summed E-state index contributed by atoms with van der Waals surface area (Å²) in [4.78, 5) is 4.63. The van der Waals surface area contributed by atoms with Gasteiger partial charge in [0.1, 0.15) is 17.1 Å². The second-order valence-corrected chi connectivity index (χ2v) is 6.90. The molecule has 1 aromatic heterocycles. The van der Waals surface area contributed by atoms with Crippen molar-refractivity contribution in [2.75, 3.05) is 20.2 Å². The standard InChI is InChI=1S/C21H31N3O3/c1-6-22-20(23-12-17-8-7-9-18(11-17)13-26-5)24-14-21(4,25)19-10-15(2)27-16(19)3/h7-11,25H,6,12-14H2,1-5H3,(H2,22,23,24). The molecule has 1 atom stereocenters. The number of aryl methyl sites for hydroxylation is 2. The first-order valence-electron chi connectivity index (χ1n) is 9.24. The highest BCUT2D eigenvalue weighted by molar-refractivity contribution is 5.79. The van der Waals surface area contributed by atoms with Crippen molar-refractivity contribution < 1.29 is 14.3 Å². The first-order valence-corrected chi connectivity index (χ1v) is 9.24. The minimum atomic E-state index is -1.06. The van der Waals surface area contributed by atoms with Crippen LogP contribution >= 0.6 is 0 Å². The van der Waals surface area contributed by atoms with Crippen LogP contribution in [0.2, 0.25) is 0 Å². The lowest BCUT2D eigenvalue weighted by Crippen LogP contribution is -2.44. The van der Waals surface area contributed by atoms with Crippen molar-refractivity contribution in [3.63, 3.8) is 0 Å². The largest absolute Gasteiger partial charge is 0.466 e. The molecule has 1 unspecified atom stereocenters. The summed E-state index contributed by atoms with van der Waals surface area (Å²) in [6.45, 7) is 9.71. The predicted octanol–water partition coefficient (Wildman–Crippen LogP) is 3.01. The molecule has 2 rings (SSSR count). The van der Waals surface area contributed by atoms with E-state index in [1.165, 1.54) is 0 Å². The zero-order valence-electron chi connectivity index (χ0n) is 16.9. The normalized spacial score (nSPS) is 14.1. The van der Waals surface area contributed by atoms with Gasteiger partial charge in [0.2, 0.25) is 0 Å². The number of nitrogens with one attached hydrogen (secondary N) is 2. The van der Waals surface area contributed by atoms with Crippen molar-refractivity contribution in [1.82, 2.24) is 10.6 Å². The Morgan fingerprint density at radius 1 is 1.22 bits per heavy atom. The Bertz CT molecular complexity index is 766. The third-order valence-corrected chi connectivity index (χ3v) is 4.29. The van der Waals surface area contributed by atoms with Crippen molar-refractivity contribution in [1.29, 1.82) is 0 Å². The van der Waals surface area contributed by atoms with E-state index in [9.17, 15) is 5.11 Å². The fourth-order valence-electron chi connectivity index (χ4n) is 3.01. The van der Waals surface area contributed by atoms with Gasteiger partial charge in [-0.25, -0.2) is 4.99 Å². The maximum Gasteiger partial charge on any atom is 0.191 e. The summed E-state index contributed by atoms with van der Waals surface area (Å²) < 4.78 is 10.7. The molecule has 6 heteroatoms. The molecule has 0 aliphatic rings. The summed E-state index contributed by atoms with van der Waals surface area (Å²) in [5, 5.41) is 17.3. The zero-order valence-corrected chi connectivity index (χ0v) is 16.9. The minimum absolute atomic E-state index is 0.322. The molecule has 1 heterocycles. The number of aliphatic hydroxyl groups is 1. The number of guanidine groups is 1. The predicted molar refractivity (Wildman–Crippen MR) is 108 cm³/mol. The van der Waals surface area contributed by atoms with Gasteiger partial charge < -0.3 is 24.9 Å². The van der Waals surface area contributed by atoms with Gasteiger partial charge >= 0.3 is 0 Å². The summed E-state index contributed by atoms with van der Waals surface area (Å²) in [6, 6.07) is 10.0. The van der Waals surface area contributed by atoms with Crippen LogP contribution in [0.3, 0.4) is 0 Å². The number of hydrogen-bond acceptors (Lipinski definition) is 4. The van der Waals surface area contributed by atoms with Crippen molar-refractivity contribution in [2.24, 2.45) is 4.99 Å². The number of rotatable bonds is 8. The average Bonchev–Trinajstić information content (AvgIpc) is 2.97. The van der Waals surface area contributed by atoms with Crippen molar-refractivity contribution >= 4 is 5.96 Å². The van der Waals surface area contributed by atoms with E-state index in [1.807, 2.05) is 45.0 Å². The van der Waals surface area contributed by atoms with E-state index in [1.54, 1.807) is 14.0 Å². The molecule has 0 fully saturated rings. The molecule has 0 bridgehead atoms. The number of methoxy groups -OCH3 is 1. The molecule has 0 spiro atoms. The fraction of sp³-hybridized carbons (Fsp3) is 0.476. The van der Waals surface area contributed by atoms with E-state index in [0.717, 1.165) is 34.8 Å². The van der Waals surface area contributed by atoms with Crippen LogP contribution < -0.4 is 10.6 Å². The van der Waals surface area contributed by atoms with Crippen LogP contribution in [0.15, 0.2) is 39.7 Å². The van der Waals surface area contributed by atoms with Gasteiger partial charge in [-0.15, -0.1) is 0 Å². The van der Waals surface area contributed by atoms with E-state index in [4.69, 9.17) is 9.15 Å². The van der Waals surface area contributed by atoms with Crippen LogP contribution in [0.25, 0.3) is 0 Å².